The van der Waals surface area contributed by atoms with Crippen molar-refractivity contribution >= 4 is 39.8 Å². The lowest BCUT2D eigenvalue weighted by Crippen LogP contribution is -2.50. The Morgan fingerprint density at radius 3 is 2.61 bits per heavy atom. The number of aliphatic imine (C=N–C) groups is 1. The van der Waals surface area contributed by atoms with Crippen molar-refractivity contribution in [2.24, 2.45) is 4.99 Å². The minimum absolute atomic E-state index is 0. The van der Waals surface area contributed by atoms with Crippen LogP contribution < -0.4 is 10.6 Å². The number of benzene rings is 1. The van der Waals surface area contributed by atoms with Gasteiger partial charge < -0.3 is 10.6 Å². The summed E-state index contributed by atoms with van der Waals surface area (Å²) in [6, 6.07) is 6.53. The summed E-state index contributed by atoms with van der Waals surface area (Å²) in [7, 11) is -1.42. The van der Waals surface area contributed by atoms with E-state index in [1.165, 1.54) is 32.1 Å². The van der Waals surface area contributed by atoms with Crippen molar-refractivity contribution in [2.75, 3.05) is 26.4 Å². The summed E-state index contributed by atoms with van der Waals surface area (Å²) in [5.41, 5.74) is 1.80. The van der Waals surface area contributed by atoms with Gasteiger partial charge in [-0.25, -0.2) is 8.42 Å². The number of halogens is 1. The highest BCUT2D eigenvalue weighted by Gasteiger charge is 2.23. The van der Waals surface area contributed by atoms with Gasteiger partial charge in [0.05, 0.1) is 4.90 Å². The number of nitrogens with one attached hydrogen (secondary N) is 2. The standard InChI is InChI=1S/C20H34N4O2S.HI/c1-15-12-18(9-10-19(15)27(5,25)26)14-23-20(21-4)22-13-17(3)24-11-7-6-8-16(24)2;/h9-10,12,16-17H,6-8,11,13-14H2,1-5H3,(H2,21,22,23);1H. The third kappa shape index (κ3) is 7.18. The lowest BCUT2D eigenvalue weighted by molar-refractivity contribution is 0.115. The Hall–Kier alpha value is -0.870. The number of guanidine groups is 1. The minimum Gasteiger partial charge on any atom is -0.355 e. The Morgan fingerprint density at radius 1 is 1.32 bits per heavy atom. The second kappa shape index (κ2) is 11.3. The monoisotopic (exact) mass is 522 g/mol. The molecule has 6 nitrogen and oxygen atoms in total. The molecule has 1 aliphatic heterocycles. The third-order valence-corrected chi connectivity index (χ3v) is 6.56. The lowest BCUT2D eigenvalue weighted by Gasteiger charge is -2.38. The molecule has 0 radical (unpaired) electrons. The largest absolute Gasteiger partial charge is 0.355 e. The van der Waals surface area contributed by atoms with Crippen LogP contribution in [0.4, 0.5) is 0 Å². The van der Waals surface area contributed by atoms with Gasteiger partial charge in [-0.2, -0.15) is 0 Å². The number of nitrogens with zero attached hydrogens (tertiary/aromatic N) is 2. The Balaban J connectivity index is 0.00000392. The van der Waals surface area contributed by atoms with E-state index in [4.69, 9.17) is 0 Å². The van der Waals surface area contributed by atoms with Crippen molar-refractivity contribution in [1.29, 1.82) is 0 Å². The van der Waals surface area contributed by atoms with Crippen molar-refractivity contribution in [3.05, 3.63) is 29.3 Å². The molecule has 1 fully saturated rings. The number of hydrogen-bond acceptors (Lipinski definition) is 4. The van der Waals surface area contributed by atoms with Gasteiger partial charge >= 0.3 is 0 Å². The lowest BCUT2D eigenvalue weighted by atomic mass is 10.0. The molecule has 0 amide bonds. The van der Waals surface area contributed by atoms with Crippen molar-refractivity contribution in [3.8, 4) is 0 Å². The number of rotatable bonds is 6. The summed E-state index contributed by atoms with van der Waals surface area (Å²) in [6.07, 6.45) is 5.13. The van der Waals surface area contributed by atoms with E-state index >= 15 is 0 Å². The van der Waals surface area contributed by atoms with Crippen LogP contribution in [0.25, 0.3) is 0 Å². The van der Waals surface area contributed by atoms with Gasteiger partial charge in [0, 0.05) is 38.5 Å². The average Bonchev–Trinajstić information content (AvgIpc) is 2.61. The van der Waals surface area contributed by atoms with E-state index < -0.39 is 9.84 Å². The Bertz CT molecular complexity index is 767. The van der Waals surface area contributed by atoms with Crippen LogP contribution in [0.1, 0.15) is 44.2 Å². The maximum Gasteiger partial charge on any atom is 0.191 e. The fourth-order valence-corrected chi connectivity index (χ4v) is 4.74. The number of piperidine rings is 1. The molecule has 28 heavy (non-hydrogen) atoms. The molecule has 1 saturated heterocycles. The summed E-state index contributed by atoms with van der Waals surface area (Å²) in [6.45, 7) is 9.01. The third-order valence-electron chi connectivity index (χ3n) is 5.31. The molecule has 0 bridgehead atoms. The number of sulfone groups is 1. The SMILES string of the molecule is CN=C(NCc1ccc(S(C)(=O)=O)c(C)c1)NCC(C)N1CCCCC1C.I. The molecule has 1 aromatic rings. The van der Waals surface area contributed by atoms with Gasteiger partial charge in [0.25, 0.3) is 0 Å². The van der Waals surface area contributed by atoms with Crippen LogP contribution in [0.15, 0.2) is 28.1 Å². The van der Waals surface area contributed by atoms with Gasteiger partial charge in [0.2, 0.25) is 0 Å². The molecule has 2 unspecified atom stereocenters. The van der Waals surface area contributed by atoms with Gasteiger partial charge in [0.15, 0.2) is 15.8 Å². The number of aryl methyl sites for hydroxylation is 1. The van der Waals surface area contributed by atoms with Crippen LogP contribution >= 0.6 is 24.0 Å². The molecular formula is C20H35IN4O2S. The predicted octanol–water partition coefficient (Wildman–Crippen LogP) is 2.94. The molecule has 8 heteroatoms. The highest BCUT2D eigenvalue weighted by atomic mass is 127. The summed E-state index contributed by atoms with van der Waals surface area (Å²) >= 11 is 0. The molecular weight excluding hydrogens is 487 g/mol. The molecule has 0 aromatic heterocycles. The summed E-state index contributed by atoms with van der Waals surface area (Å²) in [4.78, 5) is 7.25. The normalized spacial score (nSPS) is 19.6. The van der Waals surface area contributed by atoms with Gasteiger partial charge in [-0.1, -0.05) is 18.6 Å². The molecule has 2 N–H and O–H groups in total. The van der Waals surface area contributed by atoms with E-state index in [9.17, 15) is 8.42 Å². The zero-order chi connectivity index (χ0) is 20.0. The van der Waals surface area contributed by atoms with Crippen molar-refractivity contribution in [2.45, 2.75) is 63.6 Å². The average molecular weight is 522 g/mol. The topological polar surface area (TPSA) is 73.8 Å². The molecule has 0 spiro atoms. The first kappa shape index (κ1) is 25.2. The Kier molecular flexibility index (Phi) is 10.2. The van der Waals surface area contributed by atoms with Gasteiger partial charge in [0.1, 0.15) is 0 Å². The molecule has 0 aliphatic carbocycles. The van der Waals surface area contributed by atoms with E-state index in [0.29, 0.717) is 23.5 Å². The van der Waals surface area contributed by atoms with Crippen molar-refractivity contribution in [3.63, 3.8) is 0 Å². The fourth-order valence-electron chi connectivity index (χ4n) is 3.78. The smallest absolute Gasteiger partial charge is 0.191 e. The first-order valence-electron chi connectivity index (χ1n) is 9.72. The fraction of sp³-hybridized carbons (Fsp3) is 0.650. The maximum atomic E-state index is 11.7. The highest BCUT2D eigenvalue weighted by molar-refractivity contribution is 14.0. The summed E-state index contributed by atoms with van der Waals surface area (Å²) in [5.74, 6) is 0.761. The van der Waals surface area contributed by atoms with E-state index in [1.54, 1.807) is 13.1 Å². The second-order valence-electron chi connectivity index (χ2n) is 7.61. The zero-order valence-electron chi connectivity index (χ0n) is 17.7. The molecule has 1 aromatic carbocycles. The van der Waals surface area contributed by atoms with E-state index in [2.05, 4.69) is 34.4 Å². The van der Waals surface area contributed by atoms with Gasteiger partial charge in [-0.3, -0.25) is 9.89 Å². The van der Waals surface area contributed by atoms with Crippen molar-refractivity contribution < 1.29 is 8.42 Å². The van der Waals surface area contributed by atoms with Crippen LogP contribution in [0, 0.1) is 6.92 Å². The van der Waals surface area contributed by atoms with Crippen LogP contribution in [0.5, 0.6) is 0 Å². The van der Waals surface area contributed by atoms with E-state index in [1.807, 2.05) is 19.1 Å². The minimum atomic E-state index is -3.18. The quantitative estimate of drug-likeness (QED) is 0.342. The molecule has 2 rings (SSSR count). The second-order valence-corrected chi connectivity index (χ2v) is 9.59. The van der Waals surface area contributed by atoms with E-state index in [0.717, 1.165) is 23.6 Å². The van der Waals surface area contributed by atoms with Crippen LogP contribution in [0.2, 0.25) is 0 Å². The summed E-state index contributed by atoms with van der Waals surface area (Å²) in [5, 5.41) is 6.72. The molecule has 1 aliphatic rings. The Labute approximate surface area is 187 Å². The Morgan fingerprint density at radius 2 is 2.04 bits per heavy atom. The summed E-state index contributed by atoms with van der Waals surface area (Å²) < 4.78 is 23.5. The van der Waals surface area contributed by atoms with Crippen LogP contribution in [-0.4, -0.2) is 57.8 Å². The maximum absolute atomic E-state index is 11.7. The van der Waals surface area contributed by atoms with Crippen molar-refractivity contribution in [1.82, 2.24) is 15.5 Å². The van der Waals surface area contributed by atoms with E-state index in [-0.39, 0.29) is 24.0 Å². The molecule has 1 heterocycles. The first-order valence-corrected chi connectivity index (χ1v) is 11.6. The van der Waals surface area contributed by atoms with Crippen LogP contribution in [0.3, 0.4) is 0 Å². The molecule has 0 saturated carbocycles. The van der Waals surface area contributed by atoms with Gasteiger partial charge in [-0.15, -0.1) is 24.0 Å². The highest BCUT2D eigenvalue weighted by Crippen LogP contribution is 2.19. The van der Waals surface area contributed by atoms with Crippen LogP contribution in [-0.2, 0) is 16.4 Å². The zero-order valence-corrected chi connectivity index (χ0v) is 20.8. The molecule has 160 valence electrons. The van der Waals surface area contributed by atoms with Gasteiger partial charge in [-0.05, 0) is 57.4 Å². The number of hydrogen-bond donors (Lipinski definition) is 2. The first-order chi connectivity index (χ1) is 12.7. The number of likely N-dealkylation sites (tertiary alicyclic amines) is 1. The predicted molar refractivity (Wildman–Crippen MR) is 127 cm³/mol. The molecule has 2 atom stereocenters.